The van der Waals surface area contributed by atoms with Crippen LogP contribution < -0.4 is 10.8 Å². The topological polar surface area (TPSA) is 87.4 Å². The average Bonchev–Trinajstić information content (AvgIpc) is 3.07. The lowest BCUT2D eigenvalue weighted by atomic mass is 10.0. The van der Waals surface area contributed by atoms with E-state index in [1.54, 1.807) is 23.7 Å². The van der Waals surface area contributed by atoms with Crippen LogP contribution in [0.5, 0.6) is 0 Å². The van der Waals surface area contributed by atoms with Crippen molar-refractivity contribution in [2.24, 2.45) is 0 Å². The minimum Gasteiger partial charge on any atom is -0.424 e. The third-order valence-electron chi connectivity index (χ3n) is 4.06. The first-order chi connectivity index (χ1) is 12.2. The second kappa shape index (κ2) is 6.26. The molecule has 1 amide bonds. The van der Waals surface area contributed by atoms with Crippen LogP contribution in [0.25, 0.3) is 21.9 Å². The Bertz CT molecular complexity index is 1070. The van der Waals surface area contributed by atoms with Crippen molar-refractivity contribution in [3.8, 4) is 0 Å². The number of hydroxylamine groups is 1. The Morgan fingerprint density at radius 3 is 2.80 bits per heavy atom. The van der Waals surface area contributed by atoms with E-state index in [9.17, 15) is 4.79 Å². The third kappa shape index (κ3) is 2.90. The van der Waals surface area contributed by atoms with Gasteiger partial charge in [-0.2, -0.15) is 4.98 Å². The maximum atomic E-state index is 11.5. The van der Waals surface area contributed by atoms with Gasteiger partial charge in [0.25, 0.3) is 11.9 Å². The zero-order valence-corrected chi connectivity index (χ0v) is 13.2. The van der Waals surface area contributed by atoms with E-state index in [1.807, 2.05) is 18.2 Å². The summed E-state index contributed by atoms with van der Waals surface area (Å²) in [5.41, 5.74) is 4.16. The summed E-state index contributed by atoms with van der Waals surface area (Å²) in [5, 5.41) is 14.2. The number of aromatic nitrogens is 1. The lowest BCUT2D eigenvalue weighted by Gasteiger charge is -2.06. The van der Waals surface area contributed by atoms with Crippen LogP contribution in [0.4, 0.5) is 6.01 Å². The van der Waals surface area contributed by atoms with Gasteiger partial charge in [-0.3, -0.25) is 10.0 Å². The number of nitrogens with one attached hydrogen (secondary N) is 2. The van der Waals surface area contributed by atoms with Crippen LogP contribution in [0.2, 0.25) is 0 Å². The first-order valence-corrected chi connectivity index (χ1v) is 7.80. The van der Waals surface area contributed by atoms with Crippen LogP contribution in [-0.2, 0) is 6.54 Å². The Hall–Kier alpha value is -3.38. The molecule has 25 heavy (non-hydrogen) atoms. The number of amides is 1. The second-order valence-corrected chi connectivity index (χ2v) is 5.63. The number of anilines is 1. The molecule has 0 aliphatic heterocycles. The number of fused-ring (bicyclic) bond motifs is 2. The molecule has 0 unspecified atom stereocenters. The van der Waals surface area contributed by atoms with E-state index >= 15 is 0 Å². The fraction of sp³-hybridized carbons (Fsp3) is 0.0526. The molecule has 0 aliphatic carbocycles. The molecule has 0 bridgehead atoms. The van der Waals surface area contributed by atoms with Crippen LogP contribution in [0.1, 0.15) is 15.9 Å². The molecular formula is C19H15N3O3. The largest absolute Gasteiger partial charge is 0.424 e. The molecule has 1 heterocycles. The van der Waals surface area contributed by atoms with Gasteiger partial charge < -0.3 is 9.73 Å². The average molecular weight is 333 g/mol. The molecule has 4 aromatic rings. The van der Waals surface area contributed by atoms with E-state index in [2.05, 4.69) is 34.6 Å². The molecule has 0 radical (unpaired) electrons. The molecule has 0 spiro atoms. The summed E-state index contributed by atoms with van der Waals surface area (Å²) in [7, 11) is 0. The Kier molecular flexibility index (Phi) is 3.80. The van der Waals surface area contributed by atoms with Gasteiger partial charge in [0.05, 0.1) is 0 Å². The van der Waals surface area contributed by atoms with Crippen molar-refractivity contribution in [1.29, 1.82) is 0 Å². The highest BCUT2D eigenvalue weighted by Crippen LogP contribution is 2.23. The summed E-state index contributed by atoms with van der Waals surface area (Å²) in [5.74, 6) is -0.588. The van der Waals surface area contributed by atoms with Gasteiger partial charge in [-0.25, -0.2) is 5.48 Å². The number of hydrogen-bond donors (Lipinski definition) is 3. The van der Waals surface area contributed by atoms with Gasteiger partial charge in [-0.1, -0.05) is 42.5 Å². The van der Waals surface area contributed by atoms with Crippen molar-refractivity contribution < 1.29 is 14.4 Å². The Morgan fingerprint density at radius 1 is 1.08 bits per heavy atom. The van der Waals surface area contributed by atoms with Crippen molar-refractivity contribution in [1.82, 2.24) is 10.5 Å². The highest BCUT2D eigenvalue weighted by atomic mass is 16.5. The minimum absolute atomic E-state index is 0.309. The standard InChI is InChI=1S/C19H15N3O3/c23-18(22-24)13-8-9-17-16(10-13)21-19(25-17)20-11-14-6-3-5-12-4-1-2-7-15(12)14/h1-10,24H,11H2,(H,20,21)(H,22,23). The zero-order chi connectivity index (χ0) is 17.2. The van der Waals surface area contributed by atoms with Gasteiger partial charge in [-0.05, 0) is 34.5 Å². The van der Waals surface area contributed by atoms with Gasteiger partial charge in [0, 0.05) is 12.1 Å². The number of carbonyl (C=O) groups is 1. The van der Waals surface area contributed by atoms with Crippen molar-refractivity contribution in [2.75, 3.05) is 5.32 Å². The number of benzene rings is 3. The Balaban J connectivity index is 1.59. The third-order valence-corrected chi connectivity index (χ3v) is 4.06. The molecule has 0 aliphatic rings. The molecule has 0 fully saturated rings. The van der Waals surface area contributed by atoms with E-state index < -0.39 is 5.91 Å². The van der Waals surface area contributed by atoms with Gasteiger partial charge in [0.2, 0.25) is 0 Å². The molecule has 0 atom stereocenters. The lowest BCUT2D eigenvalue weighted by molar-refractivity contribution is 0.0706. The van der Waals surface area contributed by atoms with E-state index in [-0.39, 0.29) is 0 Å². The molecule has 6 nitrogen and oxygen atoms in total. The molecule has 0 saturated heterocycles. The second-order valence-electron chi connectivity index (χ2n) is 5.63. The predicted octanol–water partition coefficient (Wildman–Crippen LogP) is 3.71. The molecule has 6 heteroatoms. The maximum absolute atomic E-state index is 11.5. The minimum atomic E-state index is -0.588. The Morgan fingerprint density at radius 2 is 1.92 bits per heavy atom. The fourth-order valence-electron chi connectivity index (χ4n) is 2.83. The summed E-state index contributed by atoms with van der Waals surface area (Å²) in [6, 6.07) is 19.5. The highest BCUT2D eigenvalue weighted by molar-refractivity contribution is 5.96. The summed E-state index contributed by atoms with van der Waals surface area (Å²) in [6.45, 7) is 0.568. The monoisotopic (exact) mass is 333 g/mol. The first kappa shape index (κ1) is 15.2. The smallest absolute Gasteiger partial charge is 0.295 e. The SMILES string of the molecule is O=C(NO)c1ccc2oc(NCc3cccc4ccccc34)nc2c1. The lowest BCUT2D eigenvalue weighted by Crippen LogP contribution is -2.18. The van der Waals surface area contributed by atoms with Crippen LogP contribution in [0.15, 0.2) is 65.1 Å². The summed E-state index contributed by atoms with van der Waals surface area (Å²) in [6.07, 6.45) is 0. The van der Waals surface area contributed by atoms with E-state index in [0.29, 0.717) is 29.2 Å². The number of oxazole rings is 1. The normalized spacial score (nSPS) is 10.9. The predicted molar refractivity (Wildman–Crippen MR) is 94.5 cm³/mol. The molecule has 4 rings (SSSR count). The molecule has 1 aromatic heterocycles. The van der Waals surface area contributed by atoms with Crippen LogP contribution in [0.3, 0.4) is 0 Å². The molecule has 124 valence electrons. The van der Waals surface area contributed by atoms with Crippen molar-refractivity contribution in [3.05, 3.63) is 71.8 Å². The van der Waals surface area contributed by atoms with E-state index in [0.717, 1.165) is 5.56 Å². The molecular weight excluding hydrogens is 318 g/mol. The van der Waals surface area contributed by atoms with Crippen LogP contribution in [0, 0.1) is 0 Å². The Labute approximate surface area is 143 Å². The first-order valence-electron chi connectivity index (χ1n) is 7.80. The number of hydrogen-bond acceptors (Lipinski definition) is 5. The summed E-state index contributed by atoms with van der Waals surface area (Å²) < 4.78 is 5.65. The van der Waals surface area contributed by atoms with Crippen molar-refractivity contribution in [2.45, 2.75) is 6.54 Å². The quantitative estimate of drug-likeness (QED) is 0.391. The van der Waals surface area contributed by atoms with Gasteiger partial charge in [-0.15, -0.1) is 0 Å². The zero-order valence-electron chi connectivity index (χ0n) is 13.2. The van der Waals surface area contributed by atoms with Gasteiger partial charge in [0.1, 0.15) is 5.52 Å². The van der Waals surface area contributed by atoms with Crippen molar-refractivity contribution >= 4 is 33.8 Å². The number of rotatable bonds is 4. The summed E-state index contributed by atoms with van der Waals surface area (Å²) in [4.78, 5) is 15.8. The van der Waals surface area contributed by atoms with Gasteiger partial charge >= 0.3 is 0 Å². The number of nitrogens with zero attached hydrogens (tertiary/aromatic N) is 1. The molecule has 3 aromatic carbocycles. The number of carbonyl (C=O) groups excluding carboxylic acids is 1. The van der Waals surface area contributed by atoms with E-state index in [1.165, 1.54) is 10.8 Å². The maximum Gasteiger partial charge on any atom is 0.295 e. The van der Waals surface area contributed by atoms with Crippen LogP contribution in [-0.4, -0.2) is 16.1 Å². The van der Waals surface area contributed by atoms with Gasteiger partial charge in [0.15, 0.2) is 5.58 Å². The molecule has 3 N–H and O–H groups in total. The van der Waals surface area contributed by atoms with Crippen LogP contribution >= 0.6 is 0 Å². The molecule has 0 saturated carbocycles. The fourth-order valence-corrected chi connectivity index (χ4v) is 2.83. The summed E-state index contributed by atoms with van der Waals surface area (Å²) >= 11 is 0. The van der Waals surface area contributed by atoms with Crippen molar-refractivity contribution in [3.63, 3.8) is 0 Å². The van der Waals surface area contributed by atoms with E-state index in [4.69, 9.17) is 9.62 Å². The highest BCUT2D eigenvalue weighted by Gasteiger charge is 2.10.